The first kappa shape index (κ1) is 21.3. The molecule has 160 valence electrons. The van der Waals surface area contributed by atoms with Gasteiger partial charge in [-0.2, -0.15) is 4.68 Å². The number of hydrogen-bond acceptors (Lipinski definition) is 6. The normalized spacial score (nSPS) is 13.0. The summed E-state index contributed by atoms with van der Waals surface area (Å²) < 4.78 is 24.8. The predicted octanol–water partition coefficient (Wildman–Crippen LogP) is 3.57. The zero-order valence-corrected chi connectivity index (χ0v) is 17.2. The second-order valence-corrected chi connectivity index (χ2v) is 7.65. The van der Waals surface area contributed by atoms with Crippen LogP contribution < -0.4 is 4.90 Å². The molecule has 0 N–H and O–H groups in total. The fourth-order valence-corrected chi connectivity index (χ4v) is 3.04. The number of ether oxygens (including phenoxy) is 2. The highest BCUT2D eigenvalue weighted by Crippen LogP contribution is 2.35. The monoisotopic (exact) mass is 418 g/mol. The van der Waals surface area contributed by atoms with Crippen LogP contribution in [0.15, 0.2) is 24.3 Å². The molecule has 1 aromatic heterocycles. The molecule has 2 heterocycles. The smallest absolute Gasteiger partial charge is 0.435 e. The zero-order valence-electron chi connectivity index (χ0n) is 17.2. The fraction of sp³-hybridized carbons (Fsp3) is 0.400. The van der Waals surface area contributed by atoms with E-state index in [9.17, 15) is 18.8 Å². The van der Waals surface area contributed by atoms with Gasteiger partial charge in [-0.1, -0.05) is 0 Å². The maximum atomic E-state index is 13.3. The molecule has 1 aliphatic heterocycles. The van der Waals surface area contributed by atoms with Crippen LogP contribution in [0.4, 0.5) is 25.5 Å². The van der Waals surface area contributed by atoms with Crippen LogP contribution in [0.25, 0.3) is 0 Å². The van der Waals surface area contributed by atoms with Crippen molar-refractivity contribution in [2.75, 3.05) is 11.5 Å². The average molecular weight is 418 g/mol. The van der Waals surface area contributed by atoms with Crippen molar-refractivity contribution in [1.82, 2.24) is 14.7 Å². The SMILES string of the molecule is CCOC(=O)n1nc(N(C=O)c2ccc(F)cc2)c2c1CN(C(=O)OC(C)(C)C)C2. The van der Waals surface area contributed by atoms with E-state index >= 15 is 0 Å². The summed E-state index contributed by atoms with van der Waals surface area (Å²) in [5.74, 6) is -0.297. The number of nitrogens with zero attached hydrogens (tertiary/aromatic N) is 4. The number of anilines is 2. The first-order valence-corrected chi connectivity index (χ1v) is 9.40. The van der Waals surface area contributed by atoms with Crippen molar-refractivity contribution in [3.63, 3.8) is 0 Å². The Bertz CT molecular complexity index is 965. The Morgan fingerprint density at radius 1 is 1.20 bits per heavy atom. The maximum Gasteiger partial charge on any atom is 0.435 e. The number of carbonyl (C=O) groups excluding carboxylic acids is 3. The van der Waals surface area contributed by atoms with Gasteiger partial charge >= 0.3 is 12.2 Å². The Hall–Kier alpha value is -3.43. The molecule has 3 rings (SSSR count). The van der Waals surface area contributed by atoms with Gasteiger partial charge < -0.3 is 9.47 Å². The van der Waals surface area contributed by atoms with Crippen molar-refractivity contribution in [3.05, 3.63) is 41.3 Å². The van der Waals surface area contributed by atoms with E-state index in [0.29, 0.717) is 23.4 Å². The van der Waals surface area contributed by atoms with Crippen molar-refractivity contribution >= 4 is 30.1 Å². The van der Waals surface area contributed by atoms with Crippen LogP contribution in [0, 0.1) is 5.82 Å². The molecule has 0 saturated heterocycles. The zero-order chi connectivity index (χ0) is 22.1. The molecule has 0 saturated carbocycles. The van der Waals surface area contributed by atoms with E-state index in [2.05, 4.69) is 5.10 Å². The predicted molar refractivity (Wildman–Crippen MR) is 105 cm³/mol. The number of amides is 2. The minimum atomic E-state index is -0.726. The third-order valence-electron chi connectivity index (χ3n) is 4.29. The van der Waals surface area contributed by atoms with Gasteiger partial charge in [0.1, 0.15) is 11.4 Å². The Morgan fingerprint density at radius 2 is 1.87 bits per heavy atom. The van der Waals surface area contributed by atoms with E-state index in [4.69, 9.17) is 9.47 Å². The van der Waals surface area contributed by atoms with Crippen molar-refractivity contribution in [2.45, 2.75) is 46.4 Å². The first-order valence-electron chi connectivity index (χ1n) is 9.40. The molecule has 9 nitrogen and oxygen atoms in total. The van der Waals surface area contributed by atoms with Crippen LogP contribution in [-0.2, 0) is 27.4 Å². The lowest BCUT2D eigenvalue weighted by molar-refractivity contribution is -0.106. The van der Waals surface area contributed by atoms with Gasteiger partial charge in [-0.15, -0.1) is 5.10 Å². The number of hydrogen-bond donors (Lipinski definition) is 0. The molecule has 0 aliphatic carbocycles. The Morgan fingerprint density at radius 3 is 2.43 bits per heavy atom. The van der Waals surface area contributed by atoms with E-state index in [0.717, 1.165) is 4.68 Å². The second kappa shape index (κ2) is 8.13. The third-order valence-corrected chi connectivity index (χ3v) is 4.29. The summed E-state index contributed by atoms with van der Waals surface area (Å²) >= 11 is 0. The van der Waals surface area contributed by atoms with Gasteiger partial charge in [-0.3, -0.25) is 14.6 Å². The van der Waals surface area contributed by atoms with Crippen molar-refractivity contribution in [2.24, 2.45) is 0 Å². The lowest BCUT2D eigenvalue weighted by Gasteiger charge is -2.24. The Balaban J connectivity index is 2.01. The van der Waals surface area contributed by atoms with Gasteiger partial charge in [0.15, 0.2) is 5.82 Å². The molecule has 0 atom stereocenters. The molecular weight excluding hydrogens is 395 g/mol. The molecule has 10 heteroatoms. The largest absolute Gasteiger partial charge is 0.448 e. The molecule has 0 unspecified atom stereocenters. The third kappa shape index (κ3) is 4.27. The number of carbonyl (C=O) groups is 3. The van der Waals surface area contributed by atoms with Crippen LogP contribution in [0.1, 0.15) is 39.0 Å². The van der Waals surface area contributed by atoms with E-state index in [1.54, 1.807) is 27.7 Å². The van der Waals surface area contributed by atoms with Crippen LogP contribution in [-0.4, -0.2) is 45.5 Å². The molecule has 0 bridgehead atoms. The Labute approximate surface area is 173 Å². The number of fused-ring (bicyclic) bond motifs is 1. The molecule has 0 fully saturated rings. The van der Waals surface area contributed by atoms with Gasteiger partial charge in [0.25, 0.3) is 0 Å². The molecule has 2 aromatic rings. The number of benzene rings is 1. The molecule has 0 radical (unpaired) electrons. The number of aromatic nitrogens is 2. The van der Waals surface area contributed by atoms with Gasteiger partial charge in [0, 0.05) is 5.56 Å². The van der Waals surface area contributed by atoms with Crippen LogP contribution >= 0.6 is 0 Å². The van der Waals surface area contributed by atoms with Crippen LogP contribution in [0.5, 0.6) is 0 Å². The summed E-state index contributed by atoms with van der Waals surface area (Å²) in [6.45, 7) is 7.20. The number of rotatable bonds is 4. The van der Waals surface area contributed by atoms with E-state index in [-0.39, 0.29) is 25.5 Å². The highest BCUT2D eigenvalue weighted by Gasteiger charge is 2.36. The van der Waals surface area contributed by atoms with Gasteiger partial charge in [0.2, 0.25) is 6.41 Å². The van der Waals surface area contributed by atoms with Crippen LogP contribution in [0.3, 0.4) is 0 Å². The molecule has 2 amide bonds. The fourth-order valence-electron chi connectivity index (χ4n) is 3.04. The maximum absolute atomic E-state index is 13.3. The molecule has 1 aliphatic rings. The minimum Gasteiger partial charge on any atom is -0.448 e. The second-order valence-electron chi connectivity index (χ2n) is 7.65. The van der Waals surface area contributed by atoms with Crippen molar-refractivity contribution in [3.8, 4) is 0 Å². The van der Waals surface area contributed by atoms with Crippen molar-refractivity contribution in [1.29, 1.82) is 0 Å². The van der Waals surface area contributed by atoms with E-state index in [1.165, 1.54) is 34.1 Å². The molecular formula is C20H23FN4O5. The Kier molecular flexibility index (Phi) is 5.77. The topological polar surface area (TPSA) is 94.0 Å². The average Bonchev–Trinajstić information content (AvgIpc) is 3.23. The van der Waals surface area contributed by atoms with Crippen LogP contribution in [0.2, 0.25) is 0 Å². The standard InChI is InChI=1S/C20H23FN4O5/c1-5-29-19(28)25-16-11-23(18(27)30-20(2,3)4)10-15(16)17(22-25)24(12-26)14-8-6-13(21)7-9-14/h6-9,12H,5,10-11H2,1-4H3. The van der Waals surface area contributed by atoms with E-state index in [1.807, 2.05) is 0 Å². The van der Waals surface area contributed by atoms with E-state index < -0.39 is 23.6 Å². The summed E-state index contributed by atoms with van der Waals surface area (Å²) in [7, 11) is 0. The lowest BCUT2D eigenvalue weighted by Crippen LogP contribution is -2.34. The lowest BCUT2D eigenvalue weighted by atomic mass is 10.2. The summed E-state index contributed by atoms with van der Waals surface area (Å²) in [6, 6.07) is 5.25. The summed E-state index contributed by atoms with van der Waals surface area (Å²) in [6.07, 6.45) is -0.767. The summed E-state index contributed by atoms with van der Waals surface area (Å²) in [5, 5.41) is 4.25. The molecule has 0 spiro atoms. The summed E-state index contributed by atoms with van der Waals surface area (Å²) in [4.78, 5) is 39.4. The van der Waals surface area contributed by atoms with Gasteiger partial charge in [-0.05, 0) is 52.0 Å². The highest BCUT2D eigenvalue weighted by atomic mass is 19.1. The first-order chi connectivity index (χ1) is 14.1. The molecule has 30 heavy (non-hydrogen) atoms. The molecule has 1 aromatic carbocycles. The quantitative estimate of drug-likeness (QED) is 0.705. The van der Waals surface area contributed by atoms with Gasteiger partial charge in [-0.25, -0.2) is 14.0 Å². The van der Waals surface area contributed by atoms with Crippen molar-refractivity contribution < 1.29 is 28.2 Å². The highest BCUT2D eigenvalue weighted by molar-refractivity contribution is 5.88. The summed E-state index contributed by atoms with van der Waals surface area (Å²) in [5.41, 5.74) is 0.595. The van der Waals surface area contributed by atoms with Gasteiger partial charge in [0.05, 0.1) is 31.1 Å². The minimum absolute atomic E-state index is 0.0617. The number of halogens is 1.